The lowest BCUT2D eigenvalue weighted by atomic mass is 9.83. The van der Waals surface area contributed by atoms with Gasteiger partial charge in [-0.25, -0.2) is 0 Å². The molecular weight excluding hydrogens is 522 g/mol. The van der Waals surface area contributed by atoms with Crippen LogP contribution in [0.5, 0.6) is 0 Å². The zero-order valence-electron chi connectivity index (χ0n) is 26.0. The molecule has 0 radical (unpaired) electrons. The average molecular weight is 564 g/mol. The van der Waals surface area contributed by atoms with Gasteiger partial charge in [-0.15, -0.1) is 11.8 Å². The molecule has 2 N–H and O–H groups in total. The third-order valence-electron chi connectivity index (χ3n) is 8.31. The van der Waals surface area contributed by atoms with Crippen LogP contribution in [0.4, 0.5) is 0 Å². The molecule has 1 aliphatic rings. The van der Waals surface area contributed by atoms with Crippen molar-refractivity contribution in [1.82, 2.24) is 24.6 Å². The number of rotatable bonds is 8. The number of nitrogens with zero attached hydrogens (tertiary/aromatic N) is 3. The molecule has 5 rings (SSSR count). The minimum atomic E-state index is -2.40. The Kier molecular flexibility index (Phi) is 7.48. The topological polar surface area (TPSA) is 93.9 Å². The lowest BCUT2D eigenvalue weighted by Crippen LogP contribution is -2.29. The van der Waals surface area contributed by atoms with Crippen LogP contribution in [0, 0.1) is 19.8 Å². The van der Waals surface area contributed by atoms with E-state index in [1.165, 1.54) is 11.8 Å². The zero-order chi connectivity index (χ0) is 30.3. The maximum absolute atomic E-state index is 14.1. The van der Waals surface area contributed by atoms with Crippen LogP contribution in [0.2, 0.25) is 0 Å². The number of nitrogens with one attached hydrogen (secondary N) is 2. The predicted molar refractivity (Wildman–Crippen MR) is 161 cm³/mol. The van der Waals surface area contributed by atoms with E-state index in [0.29, 0.717) is 22.1 Å². The van der Waals surface area contributed by atoms with Gasteiger partial charge in [0.2, 0.25) is 0 Å². The summed E-state index contributed by atoms with van der Waals surface area (Å²) in [5.74, 6) is -0.145. The number of thioether (sulfide) groups is 1. The SMILES string of the molecule is [2H]C([2H])(NC(=O)c1c(C)n(C(C)C2CCC(OC)CC2)c2ccc(-c3cnn(C)c3)cc12)c1c(SC)cc(C)[nH]c1=O. The molecule has 1 atom stereocenters. The van der Waals surface area contributed by atoms with Crippen molar-refractivity contribution in [2.45, 2.75) is 70.0 Å². The number of ether oxygens (including phenoxy) is 1. The van der Waals surface area contributed by atoms with Crippen molar-refractivity contribution < 1.29 is 12.3 Å². The van der Waals surface area contributed by atoms with E-state index in [1.54, 1.807) is 37.2 Å². The van der Waals surface area contributed by atoms with Crippen LogP contribution in [-0.4, -0.2) is 44.7 Å². The number of methoxy groups -OCH3 is 1. The highest BCUT2D eigenvalue weighted by molar-refractivity contribution is 7.98. The van der Waals surface area contributed by atoms with E-state index in [2.05, 4.69) is 26.9 Å². The Hall–Kier alpha value is -3.30. The molecule has 0 bridgehead atoms. The number of pyridine rings is 1. The van der Waals surface area contributed by atoms with Gasteiger partial charge >= 0.3 is 0 Å². The van der Waals surface area contributed by atoms with Gasteiger partial charge in [0, 0.05) is 71.2 Å². The minimum Gasteiger partial charge on any atom is -0.381 e. The quantitative estimate of drug-likeness (QED) is 0.266. The van der Waals surface area contributed by atoms with Crippen molar-refractivity contribution in [2.75, 3.05) is 13.4 Å². The molecule has 3 heterocycles. The van der Waals surface area contributed by atoms with E-state index in [0.717, 1.165) is 53.4 Å². The third-order valence-corrected chi connectivity index (χ3v) is 9.07. The summed E-state index contributed by atoms with van der Waals surface area (Å²) < 4.78 is 27.2. The second kappa shape index (κ2) is 11.7. The van der Waals surface area contributed by atoms with Gasteiger partial charge in [-0.1, -0.05) is 6.07 Å². The van der Waals surface area contributed by atoms with Crippen LogP contribution in [0.3, 0.4) is 0 Å². The lowest BCUT2D eigenvalue weighted by Gasteiger charge is -2.33. The average Bonchev–Trinajstić information content (AvgIpc) is 3.51. The highest BCUT2D eigenvalue weighted by Crippen LogP contribution is 2.39. The van der Waals surface area contributed by atoms with Gasteiger partial charge in [-0.05, 0) is 82.4 Å². The Morgan fingerprint density at radius 3 is 2.65 bits per heavy atom. The fraction of sp³-hybridized carbons (Fsp3) is 0.452. The number of aromatic nitrogens is 4. The van der Waals surface area contributed by atoms with Crippen LogP contribution in [0.25, 0.3) is 22.0 Å². The standard InChI is InChI=1S/C31H39N5O3S/c1-18-13-28(40-6)26(30(37)34-18)16-32-31(38)29-20(3)36(19(2)21-7-10-24(39-5)11-8-21)27-12-9-22(14-25(27)29)23-15-33-35(4)17-23/h9,12-15,17,19,21,24H,7-8,10-11,16H2,1-6H3,(H,32,38)(H,34,37)/i16D2. The number of hydrogen-bond acceptors (Lipinski definition) is 5. The summed E-state index contributed by atoms with van der Waals surface area (Å²) in [6.45, 7) is 3.48. The number of carbonyl (C=O) groups is 1. The zero-order valence-corrected chi connectivity index (χ0v) is 24.8. The van der Waals surface area contributed by atoms with E-state index in [1.807, 2.05) is 38.4 Å². The Labute approximate surface area is 242 Å². The highest BCUT2D eigenvalue weighted by atomic mass is 32.2. The van der Waals surface area contributed by atoms with Crippen LogP contribution < -0.4 is 10.9 Å². The summed E-state index contributed by atoms with van der Waals surface area (Å²) in [6.07, 6.45) is 9.86. The van der Waals surface area contributed by atoms with Crippen molar-refractivity contribution >= 4 is 28.6 Å². The Morgan fingerprint density at radius 1 is 1.25 bits per heavy atom. The van der Waals surface area contributed by atoms with Gasteiger partial charge in [-0.2, -0.15) is 5.10 Å². The lowest BCUT2D eigenvalue weighted by molar-refractivity contribution is 0.0492. The van der Waals surface area contributed by atoms with Crippen molar-refractivity contribution in [3.05, 3.63) is 69.5 Å². The monoisotopic (exact) mass is 563 g/mol. The number of fused-ring (bicyclic) bond motifs is 1. The maximum atomic E-state index is 14.1. The van der Waals surface area contributed by atoms with Gasteiger partial charge in [0.25, 0.3) is 11.5 Å². The molecule has 3 aromatic heterocycles. The van der Waals surface area contributed by atoms with Gasteiger partial charge < -0.3 is 19.6 Å². The molecule has 0 aliphatic heterocycles. The van der Waals surface area contributed by atoms with Crippen LogP contribution in [0.1, 0.15) is 68.7 Å². The molecule has 8 nitrogen and oxygen atoms in total. The van der Waals surface area contributed by atoms with E-state index >= 15 is 0 Å². The van der Waals surface area contributed by atoms with E-state index < -0.39 is 18.0 Å². The first-order valence-electron chi connectivity index (χ1n) is 14.7. The number of aryl methyl sites for hydroxylation is 2. The predicted octanol–water partition coefficient (Wildman–Crippen LogP) is 5.77. The fourth-order valence-corrected chi connectivity index (χ4v) is 6.78. The third kappa shape index (κ3) is 5.37. The summed E-state index contributed by atoms with van der Waals surface area (Å²) in [4.78, 5) is 30.1. The first kappa shape index (κ1) is 25.7. The number of carbonyl (C=O) groups excluding carboxylic acids is 1. The van der Waals surface area contributed by atoms with Crippen LogP contribution in [0.15, 0.2) is 46.3 Å². The number of amides is 1. The summed E-state index contributed by atoms with van der Waals surface area (Å²) in [5, 5.41) is 7.62. The molecular formula is C31H39N5O3S. The molecule has 1 unspecified atom stereocenters. The maximum Gasteiger partial charge on any atom is 0.254 e. The highest BCUT2D eigenvalue weighted by Gasteiger charge is 2.30. The first-order chi connectivity index (χ1) is 19.9. The van der Waals surface area contributed by atoms with Gasteiger partial charge in [0.05, 0.1) is 20.6 Å². The van der Waals surface area contributed by atoms with Crippen molar-refractivity contribution in [2.24, 2.45) is 13.0 Å². The Balaban J connectivity index is 1.60. The molecule has 0 spiro atoms. The van der Waals surface area contributed by atoms with Gasteiger partial charge in [-0.3, -0.25) is 14.3 Å². The molecule has 40 heavy (non-hydrogen) atoms. The normalized spacial score (nSPS) is 19.4. The Morgan fingerprint density at radius 2 is 2.00 bits per heavy atom. The molecule has 4 aromatic rings. The van der Waals surface area contributed by atoms with E-state index in [-0.39, 0.29) is 17.7 Å². The number of benzene rings is 1. The number of aromatic amines is 1. The molecule has 1 saturated carbocycles. The first-order valence-corrected chi connectivity index (χ1v) is 14.9. The van der Waals surface area contributed by atoms with Crippen LogP contribution >= 0.6 is 11.8 Å². The van der Waals surface area contributed by atoms with Crippen molar-refractivity contribution in [3.8, 4) is 11.1 Å². The summed E-state index contributed by atoms with van der Waals surface area (Å²) >= 11 is 1.27. The summed E-state index contributed by atoms with van der Waals surface area (Å²) in [6, 6.07) is 7.92. The summed E-state index contributed by atoms with van der Waals surface area (Å²) in [5.41, 5.74) is 3.91. The second-order valence-corrected chi connectivity index (χ2v) is 11.6. The molecule has 1 aromatic carbocycles. The largest absolute Gasteiger partial charge is 0.381 e. The summed E-state index contributed by atoms with van der Waals surface area (Å²) in [7, 11) is 3.63. The fourth-order valence-electron chi connectivity index (χ4n) is 6.14. The second-order valence-electron chi connectivity index (χ2n) is 10.8. The van der Waals surface area contributed by atoms with E-state index in [9.17, 15) is 9.59 Å². The molecule has 0 saturated heterocycles. The molecule has 9 heteroatoms. The van der Waals surface area contributed by atoms with E-state index in [4.69, 9.17) is 7.48 Å². The smallest absolute Gasteiger partial charge is 0.254 e. The van der Waals surface area contributed by atoms with Gasteiger partial charge in [0.1, 0.15) is 0 Å². The molecule has 1 amide bonds. The minimum absolute atomic E-state index is 0.102. The van der Waals surface area contributed by atoms with Crippen molar-refractivity contribution in [3.63, 3.8) is 0 Å². The number of hydrogen-bond donors (Lipinski definition) is 2. The molecule has 1 aliphatic carbocycles. The molecule has 212 valence electrons. The molecule has 1 fully saturated rings. The number of H-pyrrole nitrogens is 1. The van der Waals surface area contributed by atoms with Crippen LogP contribution in [-0.2, 0) is 18.3 Å². The Bertz CT molecular complexity index is 1680. The van der Waals surface area contributed by atoms with Crippen molar-refractivity contribution in [1.29, 1.82) is 0 Å². The van der Waals surface area contributed by atoms with Gasteiger partial charge in [0.15, 0.2) is 0 Å².